The zero-order valence-electron chi connectivity index (χ0n) is 26.3. The molecule has 4 heterocycles. The monoisotopic (exact) mass is 667 g/mol. The minimum atomic E-state index is -0.732. The van der Waals surface area contributed by atoms with Crippen molar-refractivity contribution in [3.05, 3.63) is 56.6 Å². The number of hydrogen-bond acceptors (Lipinski definition) is 10. The molecule has 1 amide bonds. The van der Waals surface area contributed by atoms with Crippen LogP contribution in [-0.2, 0) is 4.74 Å². The van der Waals surface area contributed by atoms with Gasteiger partial charge in [0.1, 0.15) is 11.3 Å². The van der Waals surface area contributed by atoms with E-state index in [1.54, 1.807) is 6.07 Å². The molecular formula is C34H45N5O5S2. The van der Waals surface area contributed by atoms with Gasteiger partial charge in [-0.3, -0.25) is 9.59 Å². The Hall–Kier alpha value is -2.87. The number of aromatic hydroxyl groups is 1. The van der Waals surface area contributed by atoms with Crippen molar-refractivity contribution >= 4 is 49.0 Å². The number of H-pyrrole nitrogens is 1. The van der Waals surface area contributed by atoms with E-state index < -0.39 is 6.10 Å². The number of benzene rings is 2. The Kier molecular flexibility index (Phi) is 11.0. The summed E-state index contributed by atoms with van der Waals surface area (Å²) in [7, 11) is 0. The summed E-state index contributed by atoms with van der Waals surface area (Å²) in [5, 5.41) is 24.5. The molecule has 0 unspecified atom stereocenters. The van der Waals surface area contributed by atoms with Gasteiger partial charge in [-0.1, -0.05) is 61.6 Å². The van der Waals surface area contributed by atoms with E-state index in [-0.39, 0.29) is 22.1 Å². The normalized spacial score (nSPS) is 17.7. The van der Waals surface area contributed by atoms with E-state index in [4.69, 9.17) is 4.74 Å². The lowest BCUT2D eigenvalue weighted by Gasteiger charge is -2.47. The van der Waals surface area contributed by atoms with Crippen LogP contribution in [0.4, 0.5) is 0 Å². The highest BCUT2D eigenvalue weighted by atomic mass is 32.1. The molecule has 1 spiro atoms. The predicted octanol–water partition coefficient (Wildman–Crippen LogP) is 5.27. The van der Waals surface area contributed by atoms with Crippen LogP contribution in [-0.4, -0.2) is 93.9 Å². The number of para-hydroxylation sites is 1. The zero-order valence-corrected chi connectivity index (χ0v) is 28.0. The second kappa shape index (κ2) is 15.4. The van der Waals surface area contributed by atoms with Gasteiger partial charge in [0.15, 0.2) is 5.01 Å². The summed E-state index contributed by atoms with van der Waals surface area (Å²) in [6.45, 7) is 6.31. The maximum absolute atomic E-state index is 13.3. The third kappa shape index (κ3) is 7.98. The summed E-state index contributed by atoms with van der Waals surface area (Å²) in [5.41, 5.74) is 1.72. The summed E-state index contributed by atoms with van der Waals surface area (Å²) in [5.74, 6) is 0.0577. The second-order valence-electron chi connectivity index (χ2n) is 12.7. The number of carbonyl (C=O) groups is 1. The molecule has 2 saturated heterocycles. The van der Waals surface area contributed by atoms with E-state index in [1.165, 1.54) is 55.9 Å². The quantitative estimate of drug-likeness (QED) is 0.134. The minimum absolute atomic E-state index is 0.0239. The topological polar surface area (TPSA) is 131 Å². The van der Waals surface area contributed by atoms with Crippen molar-refractivity contribution in [2.45, 2.75) is 69.5 Å². The maximum atomic E-state index is 13.3. The number of hydrogen-bond donors (Lipinski definition) is 4. The molecule has 0 saturated carbocycles. The number of fused-ring (bicyclic) bond motifs is 2. The number of aliphatic hydroxyl groups excluding tert-OH is 1. The molecule has 12 heteroatoms. The fourth-order valence-electron chi connectivity index (χ4n) is 6.72. The van der Waals surface area contributed by atoms with Crippen molar-refractivity contribution in [1.29, 1.82) is 0 Å². The van der Waals surface area contributed by atoms with Crippen LogP contribution in [0.25, 0.3) is 20.4 Å². The third-order valence-corrected chi connectivity index (χ3v) is 11.3. The van der Waals surface area contributed by atoms with Gasteiger partial charge in [-0.05, 0) is 57.0 Å². The lowest BCUT2D eigenvalue weighted by atomic mass is 9.89. The van der Waals surface area contributed by atoms with E-state index in [0.29, 0.717) is 47.0 Å². The number of piperidine rings is 1. The lowest BCUT2D eigenvalue weighted by Crippen LogP contribution is -2.58. The molecule has 2 aliphatic heterocycles. The van der Waals surface area contributed by atoms with Gasteiger partial charge in [0.2, 0.25) is 0 Å². The Bertz CT molecular complexity index is 1630. The largest absolute Gasteiger partial charge is 0.506 e. The summed E-state index contributed by atoms with van der Waals surface area (Å²) >= 11 is 2.49. The van der Waals surface area contributed by atoms with Gasteiger partial charge in [0.05, 0.1) is 39.8 Å². The average Bonchev–Trinajstić information content (AvgIpc) is 3.68. The van der Waals surface area contributed by atoms with Gasteiger partial charge < -0.3 is 35.1 Å². The summed E-state index contributed by atoms with van der Waals surface area (Å²) < 4.78 is 7.98. The molecule has 1 atom stereocenters. The summed E-state index contributed by atoms with van der Waals surface area (Å²) in [4.78, 5) is 36.5. The number of morpholine rings is 1. The van der Waals surface area contributed by atoms with Crippen molar-refractivity contribution in [2.75, 3.05) is 52.4 Å². The second-order valence-corrected chi connectivity index (χ2v) is 14.7. The van der Waals surface area contributed by atoms with Crippen molar-refractivity contribution in [2.24, 2.45) is 0 Å². The van der Waals surface area contributed by atoms with Crippen LogP contribution in [0.2, 0.25) is 0 Å². The molecule has 2 aromatic heterocycles. The molecule has 10 nitrogen and oxygen atoms in total. The van der Waals surface area contributed by atoms with Crippen molar-refractivity contribution in [3.8, 4) is 5.75 Å². The smallest absolute Gasteiger partial charge is 0.305 e. The number of unbranched alkanes of at least 4 members (excludes halogenated alkanes) is 6. The lowest BCUT2D eigenvalue weighted by molar-refractivity contribution is -0.127. The van der Waals surface area contributed by atoms with Gasteiger partial charge in [-0.15, -0.1) is 11.3 Å². The Morgan fingerprint density at radius 3 is 2.59 bits per heavy atom. The van der Waals surface area contributed by atoms with E-state index in [0.717, 1.165) is 67.0 Å². The van der Waals surface area contributed by atoms with Gasteiger partial charge in [-0.2, -0.15) is 0 Å². The Morgan fingerprint density at radius 2 is 1.78 bits per heavy atom. The van der Waals surface area contributed by atoms with Crippen LogP contribution in [0.3, 0.4) is 0 Å². The fourth-order valence-corrected chi connectivity index (χ4v) is 8.58. The fraction of sp³-hybridized carbons (Fsp3) is 0.559. The molecule has 2 aromatic carbocycles. The first-order chi connectivity index (χ1) is 22.4. The number of likely N-dealkylation sites (tertiary alicyclic amines) is 1. The number of nitrogens with zero attached hydrogens (tertiary/aromatic N) is 3. The van der Waals surface area contributed by atoms with E-state index in [9.17, 15) is 19.8 Å². The number of rotatable bonds is 14. The number of thiazole rings is 2. The van der Waals surface area contributed by atoms with Gasteiger partial charge in [0, 0.05) is 31.7 Å². The predicted molar refractivity (Wildman–Crippen MR) is 184 cm³/mol. The van der Waals surface area contributed by atoms with Crippen LogP contribution in [0, 0.1) is 0 Å². The molecule has 248 valence electrons. The molecular weight excluding hydrogens is 623 g/mol. The molecule has 0 bridgehead atoms. The molecule has 0 aliphatic carbocycles. The Labute approximate surface area is 277 Å². The maximum Gasteiger partial charge on any atom is 0.305 e. The van der Waals surface area contributed by atoms with Crippen LogP contribution < -0.4 is 10.2 Å². The molecule has 2 fully saturated rings. The highest BCUT2D eigenvalue weighted by Gasteiger charge is 2.41. The number of aliphatic hydroxyl groups is 1. The first-order valence-electron chi connectivity index (χ1n) is 16.7. The standard InChI is InChI=1S/C34H45N5O5S2/c40-26-13-12-24(30-29(26)37-33(43)46-30)27(41)22-35-16-8-4-2-1-3-5-9-17-38-18-14-34(15-19-38)23-39(20-21-44-34)32(42)31-36-25-10-6-7-11-28(25)45-31/h6-7,10-13,27,35,40-41H,1-5,8-9,14-23H2,(H,37,43)/t27-/m0/s1. The average molecular weight is 668 g/mol. The number of aromatic nitrogens is 2. The highest BCUT2D eigenvalue weighted by molar-refractivity contribution is 7.20. The van der Waals surface area contributed by atoms with Crippen molar-refractivity contribution in [1.82, 2.24) is 25.1 Å². The number of ether oxygens (including phenoxy) is 1. The molecule has 46 heavy (non-hydrogen) atoms. The molecule has 2 aliphatic rings. The first-order valence-corrected chi connectivity index (χ1v) is 18.3. The summed E-state index contributed by atoms with van der Waals surface area (Å²) in [6, 6.07) is 11.1. The van der Waals surface area contributed by atoms with Crippen molar-refractivity contribution < 1.29 is 19.7 Å². The minimum Gasteiger partial charge on any atom is -0.506 e. The molecule has 4 aromatic rings. The van der Waals surface area contributed by atoms with Gasteiger partial charge in [0.25, 0.3) is 5.91 Å². The zero-order chi connectivity index (χ0) is 31.9. The van der Waals surface area contributed by atoms with Crippen molar-refractivity contribution in [3.63, 3.8) is 0 Å². The van der Waals surface area contributed by atoms with Crippen LogP contribution >= 0.6 is 22.7 Å². The number of nitrogens with one attached hydrogen (secondary N) is 2. The number of amides is 1. The van der Waals surface area contributed by atoms with Gasteiger partial charge >= 0.3 is 4.87 Å². The van der Waals surface area contributed by atoms with E-state index >= 15 is 0 Å². The molecule has 4 N–H and O–H groups in total. The summed E-state index contributed by atoms with van der Waals surface area (Å²) in [6.07, 6.45) is 9.62. The van der Waals surface area contributed by atoms with E-state index in [2.05, 4.69) is 20.2 Å². The molecule has 0 radical (unpaired) electrons. The highest BCUT2D eigenvalue weighted by Crippen LogP contribution is 2.33. The Balaban J connectivity index is 0.804. The number of phenols is 1. The Morgan fingerprint density at radius 1 is 1.02 bits per heavy atom. The number of carbonyl (C=O) groups excluding carboxylic acids is 1. The third-order valence-electron chi connectivity index (χ3n) is 9.39. The van der Waals surface area contributed by atoms with E-state index in [1.807, 2.05) is 29.2 Å². The molecule has 6 rings (SSSR count). The van der Waals surface area contributed by atoms with Crippen LogP contribution in [0.15, 0.2) is 41.2 Å². The SMILES string of the molecule is O=C(c1nc2ccccc2s1)N1CCOC2(CCN(CCCCCCCCCNC[C@H](O)c3ccc(O)c4[nH]c(=O)sc34)CC2)C1. The number of aromatic amines is 1. The first kappa shape index (κ1) is 33.0. The van der Waals surface area contributed by atoms with Gasteiger partial charge in [-0.25, -0.2) is 4.98 Å². The number of phenolic OH excluding ortho intramolecular Hbond substituents is 1. The van der Waals surface area contributed by atoms with Crippen LogP contribution in [0.5, 0.6) is 5.75 Å². The van der Waals surface area contributed by atoms with Crippen LogP contribution in [0.1, 0.15) is 79.3 Å².